The Kier molecular flexibility index (Phi) is 5.15. The van der Waals surface area contributed by atoms with Crippen LogP contribution in [0.25, 0.3) is 0 Å². The highest BCUT2D eigenvalue weighted by Gasteiger charge is 2.18. The van der Waals surface area contributed by atoms with Crippen LogP contribution in [0.3, 0.4) is 0 Å². The summed E-state index contributed by atoms with van der Waals surface area (Å²) in [5.74, 6) is 0.775. The van der Waals surface area contributed by atoms with Crippen molar-refractivity contribution in [3.05, 3.63) is 48.0 Å². The number of hydrogen-bond donors (Lipinski definition) is 2. The molecule has 26 heavy (non-hydrogen) atoms. The van der Waals surface area contributed by atoms with Gasteiger partial charge < -0.3 is 14.8 Å². The van der Waals surface area contributed by atoms with Crippen LogP contribution in [0, 0.1) is 0 Å². The van der Waals surface area contributed by atoms with Crippen molar-refractivity contribution in [3.63, 3.8) is 0 Å². The largest absolute Gasteiger partial charge is 0.486 e. The third-order valence-electron chi connectivity index (χ3n) is 3.60. The maximum atomic E-state index is 12.5. The van der Waals surface area contributed by atoms with Crippen LogP contribution in [0.15, 0.2) is 47.4 Å². The van der Waals surface area contributed by atoms with Gasteiger partial charge in [-0.05, 0) is 44.2 Å². The summed E-state index contributed by atoms with van der Waals surface area (Å²) >= 11 is 0. The molecule has 7 nitrogen and oxygen atoms in total. The second-order valence-corrected chi connectivity index (χ2v) is 7.83. The third-order valence-corrected chi connectivity index (χ3v) is 5.25. The first-order valence-corrected chi connectivity index (χ1v) is 9.67. The average Bonchev–Trinajstić information content (AvgIpc) is 2.60. The van der Waals surface area contributed by atoms with Gasteiger partial charge in [-0.2, -0.15) is 0 Å². The number of fused-ring (bicyclic) bond motifs is 1. The van der Waals surface area contributed by atoms with Gasteiger partial charge in [0.05, 0.1) is 4.90 Å². The summed E-state index contributed by atoms with van der Waals surface area (Å²) in [6.45, 7) is 4.41. The first kappa shape index (κ1) is 18.2. The maximum Gasteiger partial charge on any atom is 0.255 e. The molecule has 0 spiro atoms. The van der Waals surface area contributed by atoms with Crippen molar-refractivity contribution in [3.8, 4) is 11.5 Å². The van der Waals surface area contributed by atoms with Gasteiger partial charge in [-0.15, -0.1) is 0 Å². The Morgan fingerprint density at radius 2 is 1.77 bits per heavy atom. The molecule has 2 aromatic rings. The van der Waals surface area contributed by atoms with Gasteiger partial charge in [-0.25, -0.2) is 13.1 Å². The summed E-state index contributed by atoms with van der Waals surface area (Å²) in [6, 6.07) is 10.7. The number of ether oxygens (including phenoxy) is 2. The van der Waals surface area contributed by atoms with Gasteiger partial charge in [-0.1, -0.05) is 6.07 Å². The molecule has 0 aromatic heterocycles. The first-order chi connectivity index (χ1) is 12.3. The van der Waals surface area contributed by atoms with E-state index < -0.39 is 15.9 Å². The molecule has 1 aliphatic heterocycles. The van der Waals surface area contributed by atoms with Crippen molar-refractivity contribution in [2.24, 2.45) is 0 Å². The van der Waals surface area contributed by atoms with Crippen LogP contribution in [-0.4, -0.2) is 33.6 Å². The Hall–Kier alpha value is -2.58. The van der Waals surface area contributed by atoms with E-state index in [4.69, 9.17) is 9.47 Å². The molecule has 0 unspecified atom stereocenters. The van der Waals surface area contributed by atoms with Crippen molar-refractivity contribution in [1.29, 1.82) is 0 Å². The fourth-order valence-electron chi connectivity index (χ4n) is 2.51. The van der Waals surface area contributed by atoms with Gasteiger partial charge in [0, 0.05) is 23.4 Å². The fourth-order valence-corrected chi connectivity index (χ4v) is 3.80. The molecule has 3 rings (SSSR count). The lowest BCUT2D eigenvalue weighted by Gasteiger charge is -2.19. The van der Waals surface area contributed by atoms with Gasteiger partial charge in [-0.3, -0.25) is 4.79 Å². The number of hydrogen-bond acceptors (Lipinski definition) is 5. The van der Waals surface area contributed by atoms with Crippen molar-refractivity contribution >= 4 is 21.6 Å². The lowest BCUT2D eigenvalue weighted by atomic mass is 10.2. The summed E-state index contributed by atoms with van der Waals surface area (Å²) in [4.78, 5) is 12.5. The van der Waals surface area contributed by atoms with E-state index in [1.807, 2.05) is 0 Å². The van der Waals surface area contributed by atoms with Crippen molar-refractivity contribution in [2.45, 2.75) is 24.8 Å². The zero-order valence-corrected chi connectivity index (χ0v) is 15.3. The van der Waals surface area contributed by atoms with E-state index in [1.165, 1.54) is 18.2 Å². The lowest BCUT2D eigenvalue weighted by molar-refractivity contribution is 0.102. The van der Waals surface area contributed by atoms with Crippen molar-refractivity contribution < 1.29 is 22.7 Å². The summed E-state index contributed by atoms with van der Waals surface area (Å²) < 4.78 is 38.0. The molecule has 0 saturated carbocycles. The molecule has 0 radical (unpaired) electrons. The monoisotopic (exact) mass is 376 g/mol. The van der Waals surface area contributed by atoms with Gasteiger partial charge in [0.1, 0.15) is 13.2 Å². The molecule has 0 aliphatic carbocycles. The minimum absolute atomic E-state index is 0.0426. The Bertz CT molecular complexity index is 925. The second kappa shape index (κ2) is 7.35. The number of nitrogens with one attached hydrogen (secondary N) is 2. The second-order valence-electron chi connectivity index (χ2n) is 6.12. The van der Waals surface area contributed by atoms with Crippen LogP contribution >= 0.6 is 0 Å². The average molecular weight is 376 g/mol. The Morgan fingerprint density at radius 1 is 1.04 bits per heavy atom. The SMILES string of the molecule is CC(C)NS(=O)(=O)c1cccc(C(=O)Nc2ccc3c(c2)OCCO3)c1. The highest BCUT2D eigenvalue weighted by molar-refractivity contribution is 7.89. The highest BCUT2D eigenvalue weighted by atomic mass is 32.2. The van der Waals surface area contributed by atoms with Crippen LogP contribution in [0.1, 0.15) is 24.2 Å². The smallest absolute Gasteiger partial charge is 0.255 e. The predicted octanol–water partition coefficient (Wildman–Crippen LogP) is 2.40. The number of anilines is 1. The van der Waals surface area contributed by atoms with Gasteiger partial charge in [0.15, 0.2) is 11.5 Å². The number of carbonyl (C=O) groups is 1. The van der Waals surface area contributed by atoms with Gasteiger partial charge in [0.2, 0.25) is 10.0 Å². The number of rotatable bonds is 5. The zero-order chi connectivity index (χ0) is 18.7. The van der Waals surface area contributed by atoms with Crippen molar-refractivity contribution in [1.82, 2.24) is 4.72 Å². The summed E-state index contributed by atoms with van der Waals surface area (Å²) in [5.41, 5.74) is 0.777. The Labute approximate surface area is 152 Å². The molecule has 1 heterocycles. The topological polar surface area (TPSA) is 93.7 Å². The molecular weight excluding hydrogens is 356 g/mol. The van der Waals surface area contributed by atoms with Crippen LogP contribution in [0.4, 0.5) is 5.69 Å². The normalized spacial score (nSPS) is 13.5. The zero-order valence-electron chi connectivity index (χ0n) is 14.5. The molecule has 0 fully saturated rings. The standard InChI is InChI=1S/C18H20N2O5S/c1-12(2)20-26(22,23)15-5-3-4-13(10-15)18(21)19-14-6-7-16-17(11-14)25-9-8-24-16/h3-7,10-12,20H,8-9H2,1-2H3,(H,19,21). The summed E-state index contributed by atoms with van der Waals surface area (Å²) in [5, 5.41) is 2.74. The van der Waals surface area contributed by atoms with E-state index in [0.717, 1.165) is 0 Å². The molecule has 0 saturated heterocycles. The molecule has 8 heteroatoms. The minimum Gasteiger partial charge on any atom is -0.486 e. The fraction of sp³-hybridized carbons (Fsp3) is 0.278. The predicted molar refractivity (Wildman–Crippen MR) is 97.3 cm³/mol. The summed E-state index contributed by atoms with van der Waals surface area (Å²) in [6.07, 6.45) is 0. The number of benzene rings is 2. The Balaban J connectivity index is 1.79. The van der Waals surface area contributed by atoms with E-state index in [-0.39, 0.29) is 16.5 Å². The lowest BCUT2D eigenvalue weighted by Crippen LogP contribution is -2.30. The van der Waals surface area contributed by atoms with E-state index in [9.17, 15) is 13.2 Å². The molecule has 0 atom stereocenters. The number of sulfonamides is 1. The quantitative estimate of drug-likeness (QED) is 0.836. The van der Waals surface area contributed by atoms with Gasteiger partial charge in [0.25, 0.3) is 5.91 Å². The van der Waals surface area contributed by atoms with E-state index in [0.29, 0.717) is 30.4 Å². The summed E-state index contributed by atoms with van der Waals surface area (Å²) in [7, 11) is -3.67. The van der Waals surface area contributed by atoms with Crippen LogP contribution in [0.5, 0.6) is 11.5 Å². The first-order valence-electron chi connectivity index (χ1n) is 8.18. The van der Waals surface area contributed by atoms with E-state index >= 15 is 0 Å². The molecule has 138 valence electrons. The number of amides is 1. The van der Waals surface area contributed by atoms with E-state index in [2.05, 4.69) is 10.0 Å². The molecule has 2 aromatic carbocycles. The van der Waals surface area contributed by atoms with E-state index in [1.54, 1.807) is 38.1 Å². The minimum atomic E-state index is -3.67. The molecule has 0 bridgehead atoms. The Morgan fingerprint density at radius 3 is 2.50 bits per heavy atom. The molecule has 2 N–H and O–H groups in total. The molecule has 1 aliphatic rings. The maximum absolute atomic E-state index is 12.5. The van der Waals surface area contributed by atoms with Crippen LogP contribution in [0.2, 0.25) is 0 Å². The molecular formula is C18H20N2O5S. The van der Waals surface area contributed by atoms with Gasteiger partial charge >= 0.3 is 0 Å². The van der Waals surface area contributed by atoms with Crippen LogP contribution in [-0.2, 0) is 10.0 Å². The van der Waals surface area contributed by atoms with Crippen LogP contribution < -0.4 is 19.5 Å². The number of carbonyl (C=O) groups excluding carboxylic acids is 1. The highest BCUT2D eigenvalue weighted by Crippen LogP contribution is 2.32. The van der Waals surface area contributed by atoms with Crippen molar-refractivity contribution in [2.75, 3.05) is 18.5 Å². The molecule has 1 amide bonds. The third kappa shape index (κ3) is 4.14.